The van der Waals surface area contributed by atoms with Crippen molar-refractivity contribution in [2.75, 3.05) is 5.32 Å². The van der Waals surface area contributed by atoms with Crippen LogP contribution >= 0.6 is 50.6 Å². The van der Waals surface area contributed by atoms with Crippen LogP contribution in [0.25, 0.3) is 0 Å². The van der Waals surface area contributed by atoms with Gasteiger partial charge in [0.05, 0.1) is 5.56 Å². The van der Waals surface area contributed by atoms with E-state index in [1.807, 2.05) is 18.2 Å². The minimum atomic E-state index is -0.371. The Bertz CT molecular complexity index is 860. The van der Waals surface area contributed by atoms with E-state index in [1.165, 1.54) is 23.1 Å². The molecule has 0 aliphatic heterocycles. The number of nitrogens with one attached hydrogen (secondary N) is 1. The minimum Gasteiger partial charge on any atom is -0.296 e. The molecule has 0 saturated heterocycles. The number of nitrogens with zero attached hydrogens (tertiary/aromatic N) is 3. The molecule has 0 bridgehead atoms. The maximum Gasteiger partial charge on any atom is 0.260 e. The fraction of sp³-hybridized carbons (Fsp3) is 0.0667. The molecule has 9 heteroatoms. The highest BCUT2D eigenvalue weighted by Crippen LogP contribution is 2.29. The number of pyridine rings is 1. The zero-order valence-corrected chi connectivity index (χ0v) is 16.0. The number of hydrogen-bond donors (Lipinski definition) is 1. The molecule has 5 nitrogen and oxygen atoms in total. The summed E-state index contributed by atoms with van der Waals surface area (Å²) < 4.78 is 1.46. The zero-order valence-electron chi connectivity index (χ0n) is 12.1. The number of carbonyl (C=O) groups excluding carboxylic acids is 1. The van der Waals surface area contributed by atoms with Gasteiger partial charge in [-0.15, -0.1) is 10.2 Å². The number of carbonyl (C=O) groups is 1. The Labute approximate surface area is 160 Å². The Hall–Kier alpha value is -1.48. The molecule has 0 aliphatic carbocycles. The van der Waals surface area contributed by atoms with Crippen LogP contribution in [0.5, 0.6) is 0 Å². The van der Waals surface area contributed by atoms with Crippen molar-refractivity contribution in [3.05, 3.63) is 63.3 Å². The molecule has 2 heterocycles. The van der Waals surface area contributed by atoms with Gasteiger partial charge in [-0.1, -0.05) is 65.0 Å². The van der Waals surface area contributed by atoms with Crippen LogP contribution in [0.4, 0.5) is 5.13 Å². The summed E-state index contributed by atoms with van der Waals surface area (Å²) in [7, 11) is 0. The number of anilines is 1. The summed E-state index contributed by atoms with van der Waals surface area (Å²) >= 11 is 12.1. The van der Waals surface area contributed by atoms with Gasteiger partial charge in [-0.05, 0) is 27.6 Å². The summed E-state index contributed by atoms with van der Waals surface area (Å²) in [5.41, 5.74) is 1.48. The second-order valence-corrected chi connectivity index (χ2v) is 8.07. The fourth-order valence-electron chi connectivity index (χ4n) is 1.78. The Morgan fingerprint density at radius 2 is 2.08 bits per heavy atom. The molecule has 3 aromatic rings. The van der Waals surface area contributed by atoms with Gasteiger partial charge < -0.3 is 0 Å². The van der Waals surface area contributed by atoms with Gasteiger partial charge in [-0.2, -0.15) is 0 Å². The van der Waals surface area contributed by atoms with Gasteiger partial charge >= 0.3 is 0 Å². The molecule has 3 rings (SSSR count). The first kappa shape index (κ1) is 17.3. The van der Waals surface area contributed by atoms with Crippen LogP contribution in [-0.4, -0.2) is 21.1 Å². The van der Waals surface area contributed by atoms with E-state index in [-0.39, 0.29) is 16.6 Å². The molecule has 0 unspecified atom stereocenters. The molecular weight excluding hydrogens is 432 g/mol. The van der Waals surface area contributed by atoms with E-state index in [1.54, 1.807) is 17.8 Å². The molecule has 0 radical (unpaired) electrons. The smallest absolute Gasteiger partial charge is 0.260 e. The van der Waals surface area contributed by atoms with E-state index >= 15 is 0 Å². The lowest BCUT2D eigenvalue weighted by Gasteiger charge is -2.03. The largest absolute Gasteiger partial charge is 0.296 e. The molecule has 2 aromatic heterocycles. The lowest BCUT2D eigenvalue weighted by Crippen LogP contribution is -2.12. The Kier molecular flexibility index (Phi) is 5.83. The van der Waals surface area contributed by atoms with Gasteiger partial charge in [0.25, 0.3) is 5.91 Å². The van der Waals surface area contributed by atoms with Gasteiger partial charge in [0, 0.05) is 16.4 Å². The highest BCUT2D eigenvalue weighted by atomic mass is 79.9. The quantitative estimate of drug-likeness (QED) is 0.347. The number of rotatable bonds is 5. The van der Waals surface area contributed by atoms with Crippen molar-refractivity contribution in [1.29, 1.82) is 0 Å². The summed E-state index contributed by atoms with van der Waals surface area (Å²) in [5.74, 6) is 0.426. The highest BCUT2D eigenvalue weighted by Gasteiger charge is 2.15. The molecule has 0 saturated carbocycles. The summed E-state index contributed by atoms with van der Waals surface area (Å²) in [6.07, 6.45) is 1.53. The van der Waals surface area contributed by atoms with Crippen LogP contribution in [0.15, 0.2) is 51.4 Å². The predicted molar refractivity (Wildman–Crippen MR) is 101 cm³/mol. The van der Waals surface area contributed by atoms with Crippen LogP contribution in [0.1, 0.15) is 15.9 Å². The number of aromatic nitrogens is 3. The number of amides is 1. The maximum absolute atomic E-state index is 12.3. The molecular formula is C15H10BrClN4OS2. The first-order chi connectivity index (χ1) is 11.6. The number of hydrogen-bond acceptors (Lipinski definition) is 6. The first-order valence-corrected chi connectivity index (χ1v) is 9.72. The fourth-order valence-corrected chi connectivity index (χ4v) is 4.01. The van der Waals surface area contributed by atoms with Crippen molar-refractivity contribution in [3.63, 3.8) is 0 Å². The molecule has 122 valence electrons. The minimum absolute atomic E-state index is 0.138. The average molecular weight is 442 g/mol. The van der Waals surface area contributed by atoms with Crippen molar-refractivity contribution in [2.24, 2.45) is 0 Å². The van der Waals surface area contributed by atoms with E-state index in [0.717, 1.165) is 10.1 Å². The Balaban J connectivity index is 1.63. The van der Waals surface area contributed by atoms with Crippen molar-refractivity contribution >= 4 is 61.7 Å². The van der Waals surface area contributed by atoms with Crippen LogP contribution in [-0.2, 0) is 5.75 Å². The average Bonchev–Trinajstić information content (AvgIpc) is 3.03. The lowest BCUT2D eigenvalue weighted by atomic mass is 10.2. The Morgan fingerprint density at radius 3 is 2.88 bits per heavy atom. The normalized spacial score (nSPS) is 10.6. The van der Waals surface area contributed by atoms with E-state index in [4.69, 9.17) is 11.6 Å². The number of thioether (sulfide) groups is 1. The molecule has 0 aliphatic rings. The summed E-state index contributed by atoms with van der Waals surface area (Å²) in [5, 5.41) is 11.3. The molecule has 1 aromatic carbocycles. The van der Waals surface area contributed by atoms with Crippen molar-refractivity contribution in [2.45, 2.75) is 10.1 Å². The van der Waals surface area contributed by atoms with E-state index in [9.17, 15) is 4.79 Å². The number of halogens is 2. The molecule has 0 atom stereocenters. The molecule has 24 heavy (non-hydrogen) atoms. The van der Waals surface area contributed by atoms with E-state index in [0.29, 0.717) is 9.60 Å². The second-order valence-electron chi connectivity index (χ2n) is 4.59. The van der Waals surface area contributed by atoms with Gasteiger partial charge in [-0.25, -0.2) is 4.98 Å². The molecule has 0 spiro atoms. The van der Waals surface area contributed by atoms with Crippen LogP contribution < -0.4 is 5.32 Å². The molecule has 1 amide bonds. The second kappa shape index (κ2) is 8.06. The maximum atomic E-state index is 12.3. The van der Waals surface area contributed by atoms with Gasteiger partial charge in [-0.3, -0.25) is 10.1 Å². The first-order valence-electron chi connectivity index (χ1n) is 6.74. The van der Waals surface area contributed by atoms with Gasteiger partial charge in [0.15, 0.2) is 4.34 Å². The monoisotopic (exact) mass is 440 g/mol. The third-order valence-electron chi connectivity index (χ3n) is 2.88. The summed E-state index contributed by atoms with van der Waals surface area (Å²) in [6.45, 7) is 0. The standard InChI is InChI=1S/C15H10BrClN4OS2/c16-10-6-11(12(17)18-7-10)13(22)19-14-20-21-15(24-14)23-8-9-4-2-1-3-5-9/h1-7H,8H2,(H,19,20,22). The van der Waals surface area contributed by atoms with Crippen molar-refractivity contribution < 1.29 is 4.79 Å². The number of benzene rings is 1. The van der Waals surface area contributed by atoms with Gasteiger partial charge in [0.2, 0.25) is 5.13 Å². The van der Waals surface area contributed by atoms with E-state index in [2.05, 4.69) is 48.6 Å². The van der Waals surface area contributed by atoms with Gasteiger partial charge in [0.1, 0.15) is 5.15 Å². The lowest BCUT2D eigenvalue weighted by molar-refractivity contribution is 0.102. The molecule has 0 fully saturated rings. The van der Waals surface area contributed by atoms with Crippen molar-refractivity contribution in [1.82, 2.24) is 15.2 Å². The third-order valence-corrected chi connectivity index (χ3v) is 5.66. The van der Waals surface area contributed by atoms with Crippen molar-refractivity contribution in [3.8, 4) is 0 Å². The van der Waals surface area contributed by atoms with Crippen LogP contribution in [0.3, 0.4) is 0 Å². The zero-order chi connectivity index (χ0) is 16.9. The predicted octanol–water partition coefficient (Wildman–Crippen LogP) is 4.89. The highest BCUT2D eigenvalue weighted by molar-refractivity contribution is 9.10. The third kappa shape index (κ3) is 4.54. The Morgan fingerprint density at radius 1 is 1.29 bits per heavy atom. The molecule has 1 N–H and O–H groups in total. The topological polar surface area (TPSA) is 67.8 Å². The SMILES string of the molecule is O=C(Nc1nnc(SCc2ccccc2)s1)c1cc(Br)cnc1Cl. The summed E-state index contributed by atoms with van der Waals surface area (Å²) in [6, 6.07) is 11.7. The summed E-state index contributed by atoms with van der Waals surface area (Å²) in [4.78, 5) is 16.2. The van der Waals surface area contributed by atoms with Crippen LogP contribution in [0.2, 0.25) is 5.15 Å². The van der Waals surface area contributed by atoms with Crippen LogP contribution in [0, 0.1) is 0 Å². The van der Waals surface area contributed by atoms with E-state index < -0.39 is 0 Å².